The predicted molar refractivity (Wildman–Crippen MR) is 235 cm³/mol. The Morgan fingerprint density at radius 1 is 1.08 bits per heavy atom. The Morgan fingerprint density at radius 2 is 1.85 bits per heavy atom. The minimum Gasteiger partial charge on any atom is -0.458 e. The molecule has 17 heteroatoms. The SMILES string of the molecule is CC[C@@H]1OC(=O)[C@H](C)[C@H]2OCC(=NOCc3ccc(-c4cccc(N)n4)s3)CO[C@](C)(C[C@@H](C)C3=NCCN4C(=O)O[C@@]1(C)[C@H]4[C@H]3C)[C@@H](O[C@H]1O[C@@H](C)C[C@@H](N(C)C)[C@@H]1O)[C@@H]2C. The second kappa shape index (κ2) is 18.8. The first-order valence-electron chi connectivity index (χ1n) is 22.1. The maximum absolute atomic E-state index is 14.6. The number of aliphatic imine (C=N–C) groups is 1. The van der Waals surface area contributed by atoms with Crippen LogP contribution in [0.4, 0.5) is 10.6 Å². The van der Waals surface area contributed by atoms with Crippen LogP contribution in [0.2, 0.25) is 0 Å². The first-order valence-corrected chi connectivity index (χ1v) is 22.9. The maximum atomic E-state index is 14.6. The number of hydrogen-bond acceptors (Lipinski definition) is 16. The molecule has 3 N–H and O–H groups in total. The third-order valence-corrected chi connectivity index (χ3v) is 14.7. The maximum Gasteiger partial charge on any atom is 0.410 e. The second-order valence-electron chi connectivity index (χ2n) is 18.5. The third kappa shape index (κ3) is 9.26. The molecule has 0 radical (unpaired) electrons. The van der Waals surface area contributed by atoms with Gasteiger partial charge in [0.25, 0.3) is 0 Å². The summed E-state index contributed by atoms with van der Waals surface area (Å²) in [5.41, 5.74) is 5.86. The van der Waals surface area contributed by atoms with E-state index in [9.17, 15) is 14.7 Å². The molecule has 5 aliphatic heterocycles. The molecule has 2 aromatic rings. The van der Waals surface area contributed by atoms with Crippen molar-refractivity contribution in [2.75, 3.05) is 46.1 Å². The fraction of sp³-hybridized carbons (Fsp3) is 0.711. The third-order valence-electron chi connectivity index (χ3n) is 13.6. The number of nitrogens with zero attached hydrogens (tertiary/aromatic N) is 5. The van der Waals surface area contributed by atoms with Crippen molar-refractivity contribution in [2.24, 2.45) is 33.8 Å². The summed E-state index contributed by atoms with van der Waals surface area (Å²) in [6.07, 6.45) is -3.50. The summed E-state index contributed by atoms with van der Waals surface area (Å²) in [4.78, 5) is 49.4. The minimum atomic E-state index is -1.14. The molecule has 0 unspecified atom stereocenters. The molecular weight excluding hydrogens is 817 g/mol. The number of thiophene rings is 1. The Labute approximate surface area is 369 Å². The molecule has 0 spiro atoms. The summed E-state index contributed by atoms with van der Waals surface area (Å²) in [6.45, 7) is 16.8. The molecule has 4 bridgehead atoms. The molecule has 0 aromatic carbocycles. The van der Waals surface area contributed by atoms with Gasteiger partial charge in [-0.1, -0.05) is 38.9 Å². The van der Waals surface area contributed by atoms with Gasteiger partial charge in [0.15, 0.2) is 18.5 Å². The van der Waals surface area contributed by atoms with E-state index in [0.717, 1.165) is 21.2 Å². The van der Waals surface area contributed by atoms with Gasteiger partial charge in [0.1, 0.15) is 23.7 Å². The van der Waals surface area contributed by atoms with Crippen molar-refractivity contribution in [1.82, 2.24) is 14.8 Å². The normalized spacial score (nSPS) is 38.9. The Balaban J connectivity index is 1.27. The van der Waals surface area contributed by atoms with Gasteiger partial charge in [-0.15, -0.1) is 11.3 Å². The van der Waals surface area contributed by atoms with Crippen molar-refractivity contribution < 1.29 is 48.0 Å². The number of pyridine rings is 1. The Kier molecular flexibility index (Phi) is 14.0. The summed E-state index contributed by atoms with van der Waals surface area (Å²) < 4.78 is 39.9. The minimum absolute atomic E-state index is 0.0104. The van der Waals surface area contributed by atoms with Gasteiger partial charge < -0.3 is 49.0 Å². The van der Waals surface area contributed by atoms with Crippen LogP contribution in [-0.4, -0.2) is 144 Å². The molecule has 7 rings (SSSR count). The number of aliphatic hydroxyl groups is 1. The number of aliphatic hydroxyl groups excluding tert-OH is 1. The van der Waals surface area contributed by atoms with Crippen LogP contribution in [0.5, 0.6) is 0 Å². The van der Waals surface area contributed by atoms with Crippen LogP contribution in [0.3, 0.4) is 0 Å². The van der Waals surface area contributed by atoms with Crippen molar-refractivity contribution in [3.8, 4) is 10.6 Å². The number of amides is 1. The van der Waals surface area contributed by atoms with Crippen LogP contribution in [0.1, 0.15) is 79.5 Å². The van der Waals surface area contributed by atoms with Gasteiger partial charge in [0.2, 0.25) is 0 Å². The molecule has 342 valence electrons. The van der Waals surface area contributed by atoms with E-state index in [4.69, 9.17) is 44.0 Å². The Hall–Kier alpha value is -3.71. The predicted octanol–water partition coefficient (Wildman–Crippen LogP) is 5.55. The highest BCUT2D eigenvalue weighted by Crippen LogP contribution is 2.45. The number of oxime groups is 1. The highest BCUT2D eigenvalue weighted by molar-refractivity contribution is 7.15. The molecule has 5 aliphatic rings. The summed E-state index contributed by atoms with van der Waals surface area (Å²) in [7, 11) is 3.87. The van der Waals surface area contributed by atoms with E-state index in [0.29, 0.717) is 43.9 Å². The number of likely N-dealkylation sites (N-methyl/N-ethyl adjacent to an activating group) is 1. The van der Waals surface area contributed by atoms with Crippen LogP contribution < -0.4 is 5.73 Å². The van der Waals surface area contributed by atoms with Gasteiger partial charge >= 0.3 is 12.1 Å². The highest BCUT2D eigenvalue weighted by atomic mass is 32.1. The van der Waals surface area contributed by atoms with E-state index in [-0.39, 0.29) is 43.8 Å². The van der Waals surface area contributed by atoms with Crippen molar-refractivity contribution in [2.45, 2.75) is 141 Å². The van der Waals surface area contributed by atoms with E-state index in [2.05, 4.69) is 24.0 Å². The largest absolute Gasteiger partial charge is 0.458 e. The molecule has 7 heterocycles. The fourth-order valence-electron chi connectivity index (χ4n) is 10.6. The highest BCUT2D eigenvalue weighted by Gasteiger charge is 2.60. The molecule has 4 fully saturated rings. The average molecular weight is 883 g/mol. The van der Waals surface area contributed by atoms with Gasteiger partial charge in [-0.2, -0.15) is 0 Å². The lowest BCUT2D eigenvalue weighted by atomic mass is 9.72. The van der Waals surface area contributed by atoms with E-state index in [1.165, 1.54) is 11.3 Å². The summed E-state index contributed by atoms with van der Waals surface area (Å²) in [5, 5.41) is 16.4. The lowest BCUT2D eigenvalue weighted by Gasteiger charge is -2.48. The number of cyclic esters (lactones) is 1. The number of nitrogens with two attached hydrogens (primary N) is 1. The van der Waals surface area contributed by atoms with Crippen molar-refractivity contribution >= 4 is 40.6 Å². The molecule has 14 atom stereocenters. The number of nitrogen functional groups attached to an aromatic ring is 1. The number of anilines is 1. The zero-order chi connectivity index (χ0) is 44.7. The number of esters is 1. The monoisotopic (exact) mass is 882 g/mol. The van der Waals surface area contributed by atoms with Crippen LogP contribution in [0.15, 0.2) is 40.5 Å². The number of carbonyl (C=O) groups is 2. The molecule has 1 amide bonds. The number of rotatable bonds is 8. The smallest absolute Gasteiger partial charge is 0.410 e. The Bertz CT molecular complexity index is 1980. The standard InChI is InChI=1S/C45H66N6O10S/c1-11-34-45(8)39-26(4)36(47-17-18-51(39)43(54)61-45)24(2)20-44(7)40(60-42-37(52)32(50(9)10)19-25(3)58-42)27(5)38(28(6)41(53)59-34)55-21-29(22-56-44)49-57-23-30-15-16-33(62-30)31-13-12-14-35(46)48-31/h12-16,24-28,32,34,37-40,42,52H,11,17-23H2,1-10H3,(H2,46,48)/t24-,25+,26+,27-,28-,32-,34+,37+,38+,39-,40+,42-,44-,45-/m1/s1. The summed E-state index contributed by atoms with van der Waals surface area (Å²) >= 11 is 1.53. The molecule has 62 heavy (non-hydrogen) atoms. The van der Waals surface area contributed by atoms with E-state index >= 15 is 0 Å². The molecule has 0 aliphatic carbocycles. The van der Waals surface area contributed by atoms with Crippen LogP contribution in [0, 0.1) is 23.7 Å². The quantitative estimate of drug-likeness (QED) is 0.248. The van der Waals surface area contributed by atoms with Gasteiger partial charge in [0, 0.05) is 35.0 Å². The van der Waals surface area contributed by atoms with Crippen molar-refractivity contribution in [1.29, 1.82) is 0 Å². The van der Waals surface area contributed by atoms with Crippen LogP contribution in [-0.2, 0) is 44.7 Å². The van der Waals surface area contributed by atoms with Gasteiger partial charge in [0.05, 0.1) is 66.2 Å². The topological polar surface area (TPSA) is 189 Å². The van der Waals surface area contributed by atoms with Crippen LogP contribution in [0.25, 0.3) is 10.6 Å². The van der Waals surface area contributed by atoms with E-state index in [1.54, 1.807) is 17.9 Å². The summed E-state index contributed by atoms with van der Waals surface area (Å²) in [6, 6.07) is 8.82. The lowest BCUT2D eigenvalue weighted by Crippen LogP contribution is -2.60. The summed E-state index contributed by atoms with van der Waals surface area (Å²) in [5.74, 6) is -1.84. The molecular formula is C45H66N6O10S. The zero-order valence-electron chi connectivity index (χ0n) is 37.8. The number of fused-ring (bicyclic) bond motifs is 4. The first kappa shape index (κ1) is 46.3. The number of ether oxygens (including phenoxy) is 6. The molecule has 0 saturated carbocycles. The van der Waals surface area contributed by atoms with Gasteiger partial charge in [-0.3, -0.25) is 14.7 Å². The molecule has 16 nitrogen and oxygen atoms in total. The van der Waals surface area contributed by atoms with Crippen molar-refractivity contribution in [3.63, 3.8) is 0 Å². The van der Waals surface area contributed by atoms with Gasteiger partial charge in [-0.05, 0) is 91.2 Å². The fourth-order valence-corrected chi connectivity index (χ4v) is 11.5. The van der Waals surface area contributed by atoms with E-state index < -0.39 is 71.8 Å². The second-order valence-corrected chi connectivity index (χ2v) is 19.7. The molecule has 4 saturated heterocycles. The first-order chi connectivity index (χ1) is 29.4. The molecule has 2 aromatic heterocycles. The number of carbonyl (C=O) groups excluding carboxylic acids is 2. The average Bonchev–Trinajstić information content (AvgIpc) is 3.75. The number of aromatic nitrogens is 1. The lowest BCUT2D eigenvalue weighted by molar-refractivity contribution is -0.302. The van der Waals surface area contributed by atoms with Crippen molar-refractivity contribution in [3.05, 3.63) is 35.2 Å². The zero-order valence-corrected chi connectivity index (χ0v) is 38.6. The Morgan fingerprint density at radius 3 is 2.58 bits per heavy atom. The van der Waals surface area contributed by atoms with Gasteiger partial charge in [-0.25, -0.2) is 9.78 Å². The van der Waals surface area contributed by atoms with Crippen LogP contribution >= 0.6 is 11.3 Å². The number of hydrogen-bond donors (Lipinski definition) is 2. The van der Waals surface area contributed by atoms with E-state index in [1.807, 2.05) is 77.9 Å².